The largest absolute Gasteiger partial charge is 0.477 e. The lowest BCUT2D eigenvalue weighted by Crippen LogP contribution is -2.28. The number of anilines is 1. The van der Waals surface area contributed by atoms with E-state index >= 15 is 0 Å². The van der Waals surface area contributed by atoms with Crippen LogP contribution in [0, 0.1) is 0 Å². The number of carboxylic acid groups (broad SMARTS) is 1. The van der Waals surface area contributed by atoms with Crippen LogP contribution in [0.2, 0.25) is 0 Å². The fourth-order valence-corrected chi connectivity index (χ4v) is 2.73. The molecule has 2 aromatic rings. The third-order valence-electron chi connectivity index (χ3n) is 4.56. The number of aromatic carboxylic acids is 1. The minimum atomic E-state index is -1.16. The number of nitrogens with zero attached hydrogens (tertiary/aromatic N) is 3. The van der Waals surface area contributed by atoms with Gasteiger partial charge in [0, 0.05) is 18.4 Å². The third kappa shape index (κ3) is 5.89. The summed E-state index contributed by atoms with van der Waals surface area (Å²) in [6.07, 6.45) is 1.33. The number of likely N-dealkylation sites (N-methyl/N-ethyl adjacent to an activating group) is 1. The van der Waals surface area contributed by atoms with Gasteiger partial charge in [0.25, 0.3) is 0 Å². The lowest BCUT2D eigenvalue weighted by molar-refractivity contribution is -0.119. The molecule has 0 aliphatic carbocycles. The molecule has 1 unspecified atom stereocenters. The normalized spacial score (nSPS) is 11.9. The van der Waals surface area contributed by atoms with E-state index in [-0.39, 0.29) is 5.69 Å². The Morgan fingerprint density at radius 3 is 2.41 bits per heavy atom. The molecule has 9 heteroatoms. The Labute approximate surface area is 169 Å². The molecular formula is C20H26N4O5. The molecule has 29 heavy (non-hydrogen) atoms. The highest BCUT2D eigenvalue weighted by Gasteiger charge is 2.21. The highest BCUT2D eigenvalue weighted by Crippen LogP contribution is 2.15. The summed E-state index contributed by atoms with van der Waals surface area (Å²) in [5, 5.41) is 15.7. The van der Waals surface area contributed by atoms with Crippen LogP contribution in [0.5, 0.6) is 0 Å². The van der Waals surface area contributed by atoms with Gasteiger partial charge < -0.3 is 20.1 Å². The summed E-state index contributed by atoms with van der Waals surface area (Å²) < 4.78 is 6.41. The minimum absolute atomic E-state index is 0.0737. The van der Waals surface area contributed by atoms with Crippen molar-refractivity contribution >= 4 is 23.5 Å². The molecule has 0 radical (unpaired) electrons. The molecule has 2 N–H and O–H groups in total. The van der Waals surface area contributed by atoms with E-state index in [0.29, 0.717) is 24.4 Å². The highest BCUT2D eigenvalue weighted by atomic mass is 16.5. The van der Waals surface area contributed by atoms with Crippen LogP contribution in [0.15, 0.2) is 36.5 Å². The van der Waals surface area contributed by atoms with Gasteiger partial charge >= 0.3 is 11.9 Å². The zero-order chi connectivity index (χ0) is 21.4. The predicted molar refractivity (Wildman–Crippen MR) is 107 cm³/mol. The molecule has 0 bridgehead atoms. The second-order valence-corrected chi connectivity index (χ2v) is 6.37. The highest BCUT2D eigenvalue weighted by molar-refractivity contribution is 5.95. The van der Waals surface area contributed by atoms with Crippen LogP contribution >= 0.6 is 0 Å². The van der Waals surface area contributed by atoms with Crippen LogP contribution in [0.4, 0.5) is 5.69 Å². The van der Waals surface area contributed by atoms with E-state index < -0.39 is 23.9 Å². The molecular weight excluding hydrogens is 376 g/mol. The lowest BCUT2D eigenvalue weighted by atomic mass is 10.2. The Morgan fingerprint density at radius 1 is 1.17 bits per heavy atom. The number of nitrogens with one attached hydrogen (secondary N) is 1. The topological polar surface area (TPSA) is 114 Å². The number of amides is 1. The van der Waals surface area contributed by atoms with Crippen molar-refractivity contribution in [2.45, 2.75) is 26.8 Å². The number of esters is 1. The molecule has 0 aliphatic heterocycles. The number of aromatic nitrogens is 2. The van der Waals surface area contributed by atoms with Gasteiger partial charge in [0.05, 0.1) is 5.56 Å². The van der Waals surface area contributed by atoms with E-state index in [1.807, 2.05) is 13.8 Å². The van der Waals surface area contributed by atoms with E-state index in [1.54, 1.807) is 31.2 Å². The van der Waals surface area contributed by atoms with Crippen molar-refractivity contribution in [3.63, 3.8) is 0 Å². The van der Waals surface area contributed by atoms with Crippen LogP contribution in [-0.2, 0) is 9.53 Å². The van der Waals surface area contributed by atoms with Gasteiger partial charge in [0.1, 0.15) is 18.3 Å². The Balaban J connectivity index is 1.92. The van der Waals surface area contributed by atoms with Gasteiger partial charge in [-0.25, -0.2) is 14.3 Å². The van der Waals surface area contributed by atoms with Gasteiger partial charge in [-0.05, 0) is 50.3 Å². The lowest BCUT2D eigenvalue weighted by Gasteiger charge is -2.17. The summed E-state index contributed by atoms with van der Waals surface area (Å²) in [5.41, 5.74) is 0.789. The van der Waals surface area contributed by atoms with Crippen molar-refractivity contribution in [3.05, 3.63) is 47.8 Å². The maximum absolute atomic E-state index is 12.4. The van der Waals surface area contributed by atoms with E-state index in [2.05, 4.69) is 15.3 Å². The SMILES string of the molecule is CCN(CC)CCOC(=O)c1ccc(NC(=O)C(C)n2nccc2C(=O)O)cc1. The maximum atomic E-state index is 12.4. The van der Waals surface area contributed by atoms with Crippen molar-refractivity contribution < 1.29 is 24.2 Å². The molecule has 1 aromatic heterocycles. The first-order chi connectivity index (χ1) is 13.9. The number of hydrogen-bond donors (Lipinski definition) is 2. The monoisotopic (exact) mass is 402 g/mol. The number of carboxylic acids is 1. The van der Waals surface area contributed by atoms with Gasteiger partial charge in [0.15, 0.2) is 0 Å². The number of hydrogen-bond acceptors (Lipinski definition) is 6. The molecule has 0 saturated carbocycles. The predicted octanol–water partition coefficient (Wildman–Crippen LogP) is 2.28. The van der Waals surface area contributed by atoms with Crippen LogP contribution in [-0.4, -0.2) is 63.9 Å². The second kappa shape index (κ2) is 10.4. The average Bonchev–Trinajstić information content (AvgIpc) is 3.21. The molecule has 0 spiro atoms. The number of carbonyl (C=O) groups is 3. The summed E-state index contributed by atoms with van der Waals surface area (Å²) >= 11 is 0. The van der Waals surface area contributed by atoms with Crippen molar-refractivity contribution in [1.29, 1.82) is 0 Å². The molecule has 9 nitrogen and oxygen atoms in total. The Morgan fingerprint density at radius 2 is 1.83 bits per heavy atom. The van der Waals surface area contributed by atoms with Gasteiger partial charge in [-0.1, -0.05) is 13.8 Å². The quantitative estimate of drug-likeness (QED) is 0.586. The van der Waals surface area contributed by atoms with Crippen LogP contribution < -0.4 is 5.32 Å². The van der Waals surface area contributed by atoms with Crippen molar-refractivity contribution in [1.82, 2.24) is 14.7 Å². The van der Waals surface area contributed by atoms with Gasteiger partial charge in [-0.2, -0.15) is 5.10 Å². The number of rotatable bonds is 10. The Hall–Kier alpha value is -3.20. The van der Waals surface area contributed by atoms with E-state index in [9.17, 15) is 14.4 Å². The van der Waals surface area contributed by atoms with Crippen LogP contribution in [0.1, 0.15) is 47.7 Å². The molecule has 1 heterocycles. The molecule has 0 aliphatic rings. The standard InChI is InChI=1S/C20H26N4O5/c1-4-23(5-2)12-13-29-20(28)15-6-8-16(9-7-15)22-18(25)14(3)24-17(19(26)27)10-11-21-24/h6-11,14H,4-5,12-13H2,1-3H3,(H,22,25)(H,26,27). The molecule has 2 rings (SSSR count). The first kappa shape index (κ1) is 22.1. The van der Waals surface area contributed by atoms with Gasteiger partial charge in [-0.15, -0.1) is 0 Å². The molecule has 0 fully saturated rings. The third-order valence-corrected chi connectivity index (χ3v) is 4.56. The fourth-order valence-electron chi connectivity index (χ4n) is 2.73. The molecule has 156 valence electrons. The van der Waals surface area contributed by atoms with Crippen molar-refractivity contribution in [2.75, 3.05) is 31.6 Å². The minimum Gasteiger partial charge on any atom is -0.477 e. The smallest absolute Gasteiger partial charge is 0.354 e. The summed E-state index contributed by atoms with van der Waals surface area (Å²) in [7, 11) is 0. The zero-order valence-corrected chi connectivity index (χ0v) is 16.8. The van der Waals surface area contributed by atoms with Crippen LogP contribution in [0.25, 0.3) is 0 Å². The Kier molecular flexibility index (Phi) is 7.90. The van der Waals surface area contributed by atoms with E-state index in [1.165, 1.54) is 12.3 Å². The Bertz CT molecular complexity index is 843. The van der Waals surface area contributed by atoms with E-state index in [4.69, 9.17) is 9.84 Å². The summed E-state index contributed by atoms with van der Waals surface area (Å²) in [6.45, 7) is 8.43. The molecule has 0 saturated heterocycles. The zero-order valence-electron chi connectivity index (χ0n) is 16.8. The molecule has 1 atom stereocenters. The van der Waals surface area contributed by atoms with Gasteiger partial charge in [-0.3, -0.25) is 4.79 Å². The summed E-state index contributed by atoms with van der Waals surface area (Å²) in [4.78, 5) is 37.8. The summed E-state index contributed by atoms with van der Waals surface area (Å²) in [6, 6.07) is 6.82. The summed E-state index contributed by atoms with van der Waals surface area (Å²) in [5.74, 6) is -2.01. The van der Waals surface area contributed by atoms with Crippen molar-refractivity contribution in [3.8, 4) is 0 Å². The number of carbonyl (C=O) groups excluding carboxylic acids is 2. The van der Waals surface area contributed by atoms with E-state index in [0.717, 1.165) is 17.8 Å². The number of ether oxygens (including phenoxy) is 1. The average molecular weight is 402 g/mol. The van der Waals surface area contributed by atoms with Gasteiger partial charge in [0.2, 0.25) is 5.91 Å². The second-order valence-electron chi connectivity index (χ2n) is 6.37. The molecule has 1 amide bonds. The fraction of sp³-hybridized carbons (Fsp3) is 0.400. The van der Waals surface area contributed by atoms with Crippen LogP contribution in [0.3, 0.4) is 0 Å². The molecule has 1 aromatic carbocycles. The number of benzene rings is 1. The maximum Gasteiger partial charge on any atom is 0.354 e. The first-order valence-corrected chi connectivity index (χ1v) is 9.44. The first-order valence-electron chi connectivity index (χ1n) is 9.44. The van der Waals surface area contributed by atoms with Crippen molar-refractivity contribution in [2.24, 2.45) is 0 Å².